The largest absolute Gasteiger partial charge is 0.496 e. The molecule has 1 aliphatic heterocycles. The summed E-state index contributed by atoms with van der Waals surface area (Å²) >= 11 is 0. The van der Waals surface area contributed by atoms with Crippen molar-refractivity contribution in [3.63, 3.8) is 0 Å². The summed E-state index contributed by atoms with van der Waals surface area (Å²) in [5, 5.41) is 6.64. The molecule has 2 heterocycles. The molecule has 0 bridgehead atoms. The van der Waals surface area contributed by atoms with Crippen LogP contribution in [0.5, 0.6) is 5.75 Å². The Morgan fingerprint density at radius 1 is 0.886 bits per heavy atom. The summed E-state index contributed by atoms with van der Waals surface area (Å²) in [6.45, 7) is 11.5. The van der Waals surface area contributed by atoms with Crippen molar-refractivity contribution >= 4 is 38.9 Å². The molecule has 232 valence electrons. The highest BCUT2D eigenvalue weighted by atomic mass is 32.2. The van der Waals surface area contributed by atoms with Crippen molar-refractivity contribution in [1.29, 1.82) is 0 Å². The van der Waals surface area contributed by atoms with Gasteiger partial charge in [-0.1, -0.05) is 18.2 Å². The number of ether oxygens (including phenoxy) is 1. The molecular weight excluding hydrogens is 574 g/mol. The van der Waals surface area contributed by atoms with Gasteiger partial charge in [0.15, 0.2) is 0 Å². The lowest BCUT2D eigenvalue weighted by Gasteiger charge is -2.34. The van der Waals surface area contributed by atoms with E-state index >= 15 is 0 Å². The first-order chi connectivity index (χ1) is 20.9. The molecule has 4 aromatic rings. The van der Waals surface area contributed by atoms with E-state index in [-0.39, 0.29) is 4.90 Å². The van der Waals surface area contributed by atoms with E-state index in [2.05, 4.69) is 49.3 Å². The molecule has 0 unspecified atom stereocenters. The molecule has 3 aromatic carbocycles. The number of benzene rings is 3. The Kier molecular flexibility index (Phi) is 9.10. The smallest absolute Gasteiger partial charge is 0.241 e. The van der Waals surface area contributed by atoms with Crippen LogP contribution in [0.4, 0.5) is 28.8 Å². The topological polar surface area (TPSA) is 112 Å². The summed E-state index contributed by atoms with van der Waals surface area (Å²) in [5.74, 6) is 1.62. The third kappa shape index (κ3) is 7.65. The van der Waals surface area contributed by atoms with E-state index < -0.39 is 15.6 Å². The van der Waals surface area contributed by atoms with Crippen molar-refractivity contribution in [1.82, 2.24) is 19.6 Å². The fraction of sp³-hybridized carbons (Fsp3) is 0.333. The molecule has 0 spiro atoms. The van der Waals surface area contributed by atoms with Gasteiger partial charge < -0.3 is 25.2 Å². The van der Waals surface area contributed by atoms with Crippen LogP contribution in [0.3, 0.4) is 0 Å². The van der Waals surface area contributed by atoms with Gasteiger partial charge in [-0.05, 0) is 88.8 Å². The average Bonchev–Trinajstić information content (AvgIpc) is 2.98. The highest BCUT2D eigenvalue weighted by Crippen LogP contribution is 2.35. The minimum atomic E-state index is -3.84. The molecule has 0 atom stereocenters. The molecule has 1 saturated heterocycles. The van der Waals surface area contributed by atoms with E-state index in [1.165, 1.54) is 5.69 Å². The fourth-order valence-corrected chi connectivity index (χ4v) is 6.53. The molecule has 3 N–H and O–H groups in total. The predicted octanol–water partition coefficient (Wildman–Crippen LogP) is 5.78. The molecule has 0 saturated carbocycles. The predicted molar refractivity (Wildman–Crippen MR) is 178 cm³/mol. The minimum absolute atomic E-state index is 0.129. The number of hydrogen-bond acceptors (Lipinski definition) is 9. The second-order valence-corrected chi connectivity index (χ2v) is 13.8. The zero-order valence-electron chi connectivity index (χ0n) is 26.2. The Bertz CT molecular complexity index is 1710. The number of aromatic nitrogens is 2. The molecule has 1 fully saturated rings. The van der Waals surface area contributed by atoms with E-state index in [9.17, 15) is 8.42 Å². The lowest BCUT2D eigenvalue weighted by Crippen LogP contribution is -2.44. The monoisotopic (exact) mass is 615 g/mol. The van der Waals surface area contributed by atoms with Gasteiger partial charge in [0.1, 0.15) is 11.6 Å². The van der Waals surface area contributed by atoms with Gasteiger partial charge in [0.25, 0.3) is 0 Å². The van der Waals surface area contributed by atoms with Crippen LogP contribution in [0.1, 0.15) is 26.3 Å². The third-order valence-electron chi connectivity index (χ3n) is 7.30. The molecule has 0 amide bonds. The van der Waals surface area contributed by atoms with Gasteiger partial charge in [-0.2, -0.15) is 4.98 Å². The fourth-order valence-electron chi connectivity index (χ4n) is 5.04. The Labute approximate surface area is 260 Å². The van der Waals surface area contributed by atoms with E-state index in [0.717, 1.165) is 43.0 Å². The maximum Gasteiger partial charge on any atom is 0.241 e. The first-order valence-electron chi connectivity index (χ1n) is 14.6. The van der Waals surface area contributed by atoms with Crippen molar-refractivity contribution in [3.05, 3.63) is 78.5 Å². The molecule has 11 heteroatoms. The number of piperazine rings is 1. The van der Waals surface area contributed by atoms with Crippen LogP contribution >= 0.6 is 0 Å². The summed E-state index contributed by atoms with van der Waals surface area (Å²) in [5.41, 5.74) is 4.24. The number of likely N-dealkylation sites (N-methyl/N-ethyl adjacent to an activating group) is 1. The second kappa shape index (κ2) is 12.8. The maximum atomic E-state index is 13.4. The van der Waals surface area contributed by atoms with Crippen molar-refractivity contribution in [2.45, 2.75) is 38.1 Å². The zero-order chi connectivity index (χ0) is 31.5. The first kappa shape index (κ1) is 31.2. The molecule has 10 nitrogen and oxygen atoms in total. The van der Waals surface area contributed by atoms with Crippen LogP contribution in [0.2, 0.25) is 0 Å². The Hall–Kier alpha value is -4.19. The van der Waals surface area contributed by atoms with Crippen molar-refractivity contribution < 1.29 is 13.2 Å². The highest BCUT2D eigenvalue weighted by Gasteiger charge is 2.24. The van der Waals surface area contributed by atoms with Gasteiger partial charge in [0.2, 0.25) is 16.0 Å². The first-order valence-corrected chi connectivity index (χ1v) is 16.1. The van der Waals surface area contributed by atoms with Crippen LogP contribution in [0, 0.1) is 6.92 Å². The number of rotatable bonds is 9. The molecule has 5 rings (SSSR count). The number of para-hydroxylation sites is 1. The molecule has 0 aliphatic carbocycles. The van der Waals surface area contributed by atoms with Gasteiger partial charge in [-0.25, -0.2) is 18.1 Å². The van der Waals surface area contributed by atoms with E-state index in [0.29, 0.717) is 28.8 Å². The standard InChI is InChI=1S/C33H41N7O3S/c1-23-22-34-32(36-25-11-13-27(14-12-25)40-17-15-39(5)16-18-40)37-31(23)35-26-19-24(29-9-7-8-10-30(29)43-6)20-28(21-26)44(41,42)38-33(2,3)4/h7-14,19-22,38H,15-18H2,1-6H3,(H2,34,35,36,37). The molecule has 1 aliphatic rings. The number of hydrogen-bond donors (Lipinski definition) is 3. The number of aryl methyl sites for hydroxylation is 1. The van der Waals surface area contributed by atoms with E-state index in [1.54, 1.807) is 25.4 Å². The van der Waals surface area contributed by atoms with Crippen LogP contribution in [-0.4, -0.2) is 69.2 Å². The number of nitrogens with zero attached hydrogens (tertiary/aromatic N) is 4. The normalized spacial score (nSPS) is 14.4. The van der Waals surface area contributed by atoms with Crippen LogP contribution in [0.25, 0.3) is 11.1 Å². The minimum Gasteiger partial charge on any atom is -0.496 e. The SMILES string of the molecule is COc1ccccc1-c1cc(Nc2nc(Nc3ccc(N4CCN(C)CC4)cc3)ncc2C)cc(S(=O)(=O)NC(C)(C)C)c1. The summed E-state index contributed by atoms with van der Waals surface area (Å²) in [6, 6.07) is 20.9. The van der Waals surface area contributed by atoms with Gasteiger partial charge >= 0.3 is 0 Å². The van der Waals surface area contributed by atoms with Crippen molar-refractivity contribution in [3.8, 4) is 16.9 Å². The average molecular weight is 616 g/mol. The van der Waals surface area contributed by atoms with Crippen LogP contribution in [-0.2, 0) is 10.0 Å². The summed E-state index contributed by atoms with van der Waals surface area (Å²) in [6.07, 6.45) is 1.74. The number of anilines is 5. The summed E-state index contributed by atoms with van der Waals surface area (Å²) in [7, 11) is -0.0923. The number of nitrogens with one attached hydrogen (secondary N) is 3. The lowest BCUT2D eigenvalue weighted by atomic mass is 10.0. The summed E-state index contributed by atoms with van der Waals surface area (Å²) in [4.78, 5) is 14.1. The van der Waals surface area contributed by atoms with Gasteiger partial charge in [-0.3, -0.25) is 0 Å². The van der Waals surface area contributed by atoms with Crippen LogP contribution < -0.4 is 25.0 Å². The van der Waals surface area contributed by atoms with Crippen LogP contribution in [0.15, 0.2) is 77.8 Å². The second-order valence-electron chi connectivity index (χ2n) is 12.1. The van der Waals surface area contributed by atoms with Crippen molar-refractivity contribution in [2.24, 2.45) is 0 Å². The molecule has 0 radical (unpaired) electrons. The van der Waals surface area contributed by atoms with Gasteiger partial charge in [0.05, 0.1) is 12.0 Å². The molecular formula is C33H41N7O3S. The Morgan fingerprint density at radius 3 is 2.27 bits per heavy atom. The van der Waals surface area contributed by atoms with Gasteiger partial charge in [0, 0.05) is 66.1 Å². The van der Waals surface area contributed by atoms with E-state index in [4.69, 9.17) is 9.72 Å². The molecule has 44 heavy (non-hydrogen) atoms. The number of methoxy groups -OCH3 is 1. The zero-order valence-corrected chi connectivity index (χ0v) is 27.0. The van der Waals surface area contributed by atoms with Crippen molar-refractivity contribution in [2.75, 3.05) is 55.9 Å². The highest BCUT2D eigenvalue weighted by molar-refractivity contribution is 7.89. The quantitative estimate of drug-likeness (QED) is 0.216. The Morgan fingerprint density at radius 2 is 1.59 bits per heavy atom. The maximum absolute atomic E-state index is 13.4. The van der Waals surface area contributed by atoms with Gasteiger partial charge in [-0.15, -0.1) is 0 Å². The summed E-state index contributed by atoms with van der Waals surface area (Å²) < 4.78 is 35.2. The molecule has 1 aromatic heterocycles. The van der Waals surface area contributed by atoms with E-state index in [1.807, 2.05) is 70.2 Å². The number of sulfonamides is 1. The third-order valence-corrected chi connectivity index (χ3v) is 9.04. The lowest BCUT2D eigenvalue weighted by molar-refractivity contribution is 0.313. The Balaban J connectivity index is 1.43.